The van der Waals surface area contributed by atoms with E-state index >= 15 is 0 Å². The molecule has 23 heavy (non-hydrogen) atoms. The van der Waals surface area contributed by atoms with Crippen LogP contribution in [-0.2, 0) is 6.42 Å². The molecule has 2 nitrogen and oxygen atoms in total. The van der Waals surface area contributed by atoms with E-state index in [1.807, 2.05) is 18.0 Å². The van der Waals surface area contributed by atoms with Crippen molar-refractivity contribution in [3.05, 3.63) is 35.6 Å². The summed E-state index contributed by atoms with van der Waals surface area (Å²) in [7, 11) is 0. The van der Waals surface area contributed by atoms with E-state index in [1.165, 1.54) is 50.5 Å². The zero-order valence-corrected chi connectivity index (χ0v) is 15.4. The van der Waals surface area contributed by atoms with Crippen molar-refractivity contribution in [3.63, 3.8) is 0 Å². The first-order valence-electron chi connectivity index (χ1n) is 8.99. The fourth-order valence-corrected chi connectivity index (χ4v) is 4.25. The molecule has 0 spiro atoms. The third kappa shape index (κ3) is 6.82. The number of halogens is 1. The highest BCUT2D eigenvalue weighted by molar-refractivity contribution is 7.97. The van der Waals surface area contributed by atoms with E-state index in [9.17, 15) is 4.39 Å². The predicted octanol–water partition coefficient (Wildman–Crippen LogP) is 4.65. The lowest BCUT2D eigenvalue weighted by molar-refractivity contribution is 0.318. The number of hydrogen-bond acceptors (Lipinski definition) is 3. The van der Waals surface area contributed by atoms with Gasteiger partial charge in [-0.25, -0.2) is 4.39 Å². The van der Waals surface area contributed by atoms with Gasteiger partial charge in [0.15, 0.2) is 0 Å². The van der Waals surface area contributed by atoms with Gasteiger partial charge in [-0.05, 0) is 63.3 Å². The molecule has 1 aliphatic rings. The van der Waals surface area contributed by atoms with Gasteiger partial charge >= 0.3 is 0 Å². The maximum atomic E-state index is 13.2. The monoisotopic (exact) mass is 338 g/mol. The van der Waals surface area contributed by atoms with Crippen molar-refractivity contribution in [1.29, 1.82) is 0 Å². The molecular weight excluding hydrogens is 307 g/mol. The van der Waals surface area contributed by atoms with Crippen molar-refractivity contribution in [3.8, 4) is 0 Å². The van der Waals surface area contributed by atoms with E-state index < -0.39 is 0 Å². The minimum Gasteiger partial charge on any atom is -0.311 e. The van der Waals surface area contributed by atoms with Crippen LogP contribution < -0.4 is 5.32 Å². The second-order valence-corrected chi connectivity index (χ2v) is 8.02. The normalized spacial score (nSPS) is 22.9. The number of hydrogen-bond donors (Lipinski definition) is 1. The number of nitrogens with zero attached hydrogens (tertiary/aromatic N) is 1. The molecule has 1 aromatic carbocycles. The van der Waals surface area contributed by atoms with Crippen molar-refractivity contribution < 1.29 is 4.39 Å². The Balaban J connectivity index is 1.73. The fourth-order valence-electron chi connectivity index (χ4n) is 3.10. The molecule has 0 bridgehead atoms. The predicted molar refractivity (Wildman–Crippen MR) is 99.3 cm³/mol. The third-order valence-electron chi connectivity index (χ3n) is 4.68. The number of rotatable bonds is 8. The van der Waals surface area contributed by atoms with E-state index in [0.717, 1.165) is 25.1 Å². The summed E-state index contributed by atoms with van der Waals surface area (Å²) in [6.45, 7) is 7.89. The SMILES string of the molecule is CCCCSN1CCCC(C)(NCCc2cccc(F)c2)CC1. The molecule has 130 valence electrons. The lowest BCUT2D eigenvalue weighted by Gasteiger charge is -2.30. The number of unbranched alkanes of at least 4 members (excludes halogenated alkanes) is 1. The average molecular weight is 339 g/mol. The molecule has 1 atom stereocenters. The van der Waals surface area contributed by atoms with E-state index in [-0.39, 0.29) is 11.4 Å². The Bertz CT molecular complexity index is 468. The van der Waals surface area contributed by atoms with Crippen molar-refractivity contribution in [1.82, 2.24) is 9.62 Å². The Labute approximate surface area is 145 Å². The molecule has 0 aliphatic carbocycles. The van der Waals surface area contributed by atoms with Gasteiger partial charge in [0.05, 0.1) is 0 Å². The summed E-state index contributed by atoms with van der Waals surface area (Å²) in [5.74, 6) is 1.11. The molecule has 0 aromatic heterocycles. The zero-order chi connectivity index (χ0) is 16.5. The van der Waals surface area contributed by atoms with Gasteiger partial charge in [-0.3, -0.25) is 4.31 Å². The molecule has 1 aromatic rings. The minimum absolute atomic E-state index is 0.136. The lowest BCUT2D eigenvalue weighted by atomic mass is 9.92. The van der Waals surface area contributed by atoms with Gasteiger partial charge in [-0.2, -0.15) is 0 Å². The Kier molecular flexibility index (Phi) is 7.87. The van der Waals surface area contributed by atoms with Crippen LogP contribution in [0.25, 0.3) is 0 Å². The van der Waals surface area contributed by atoms with Crippen LogP contribution in [0.1, 0.15) is 51.5 Å². The molecule has 0 amide bonds. The zero-order valence-electron chi connectivity index (χ0n) is 14.6. The summed E-state index contributed by atoms with van der Waals surface area (Å²) < 4.78 is 15.8. The van der Waals surface area contributed by atoms with Gasteiger partial charge in [0.2, 0.25) is 0 Å². The second kappa shape index (κ2) is 9.65. The van der Waals surface area contributed by atoms with E-state index in [2.05, 4.69) is 23.5 Å². The van der Waals surface area contributed by atoms with Crippen molar-refractivity contribution in [2.75, 3.05) is 25.4 Å². The summed E-state index contributed by atoms with van der Waals surface area (Å²) in [6.07, 6.45) is 7.14. The molecule has 1 unspecified atom stereocenters. The van der Waals surface area contributed by atoms with Crippen LogP contribution in [0.5, 0.6) is 0 Å². The smallest absolute Gasteiger partial charge is 0.123 e. The van der Waals surface area contributed by atoms with E-state index in [1.54, 1.807) is 12.1 Å². The average Bonchev–Trinajstić information content (AvgIpc) is 2.70. The van der Waals surface area contributed by atoms with Crippen LogP contribution in [0.2, 0.25) is 0 Å². The highest BCUT2D eigenvalue weighted by Crippen LogP contribution is 2.25. The molecule has 0 radical (unpaired) electrons. The summed E-state index contributed by atoms with van der Waals surface area (Å²) in [4.78, 5) is 0. The quantitative estimate of drug-likeness (QED) is 0.548. The molecule has 1 N–H and O–H groups in total. The highest BCUT2D eigenvalue weighted by atomic mass is 32.2. The topological polar surface area (TPSA) is 15.3 Å². The van der Waals surface area contributed by atoms with Crippen LogP contribution in [0.3, 0.4) is 0 Å². The minimum atomic E-state index is -0.136. The molecule has 1 aliphatic heterocycles. The Morgan fingerprint density at radius 2 is 2.17 bits per heavy atom. The van der Waals surface area contributed by atoms with Crippen LogP contribution in [-0.4, -0.2) is 35.2 Å². The van der Waals surface area contributed by atoms with Gasteiger partial charge < -0.3 is 5.32 Å². The van der Waals surface area contributed by atoms with Gasteiger partial charge in [0.25, 0.3) is 0 Å². The summed E-state index contributed by atoms with van der Waals surface area (Å²) in [5.41, 5.74) is 1.29. The summed E-state index contributed by atoms with van der Waals surface area (Å²) >= 11 is 2.02. The van der Waals surface area contributed by atoms with Gasteiger partial charge in [-0.15, -0.1) is 0 Å². The fraction of sp³-hybridized carbons (Fsp3) is 0.684. The molecule has 4 heteroatoms. The van der Waals surface area contributed by atoms with Crippen molar-refractivity contribution in [2.24, 2.45) is 0 Å². The summed E-state index contributed by atoms with van der Waals surface area (Å²) in [6, 6.07) is 6.95. The van der Waals surface area contributed by atoms with Crippen LogP contribution in [0.4, 0.5) is 4.39 Å². The Morgan fingerprint density at radius 3 is 2.96 bits per heavy atom. The van der Waals surface area contributed by atoms with Gasteiger partial charge in [0.1, 0.15) is 5.82 Å². The molecule has 2 rings (SSSR count). The first-order valence-corrected chi connectivity index (χ1v) is 9.93. The summed E-state index contributed by atoms with van der Waals surface area (Å²) in [5, 5.41) is 3.74. The van der Waals surface area contributed by atoms with Crippen molar-refractivity contribution >= 4 is 11.9 Å². The van der Waals surface area contributed by atoms with E-state index in [4.69, 9.17) is 0 Å². The van der Waals surface area contributed by atoms with Crippen LogP contribution >= 0.6 is 11.9 Å². The molecule has 1 fully saturated rings. The number of nitrogens with one attached hydrogen (secondary N) is 1. The molecule has 0 saturated carbocycles. The number of benzene rings is 1. The van der Waals surface area contributed by atoms with Crippen LogP contribution in [0.15, 0.2) is 24.3 Å². The van der Waals surface area contributed by atoms with E-state index in [0.29, 0.717) is 0 Å². The first kappa shape index (κ1) is 18.8. The Hall–Kier alpha value is -0.580. The van der Waals surface area contributed by atoms with Gasteiger partial charge in [-0.1, -0.05) is 37.4 Å². The second-order valence-electron chi connectivity index (χ2n) is 6.84. The lowest BCUT2D eigenvalue weighted by Crippen LogP contribution is -2.43. The molecule has 1 saturated heterocycles. The van der Waals surface area contributed by atoms with Crippen molar-refractivity contribution in [2.45, 2.75) is 57.9 Å². The van der Waals surface area contributed by atoms with Crippen LogP contribution in [0, 0.1) is 5.82 Å². The maximum Gasteiger partial charge on any atom is 0.123 e. The highest BCUT2D eigenvalue weighted by Gasteiger charge is 2.27. The standard InChI is InChI=1S/C19H31FN2S/c1-3-4-15-23-22-13-6-10-19(2,11-14-22)21-12-9-17-7-5-8-18(20)16-17/h5,7-8,16,21H,3-4,6,9-15H2,1-2H3. The molecule has 1 heterocycles. The Morgan fingerprint density at radius 1 is 1.30 bits per heavy atom. The molecular formula is C19H31FN2S. The third-order valence-corrected chi connectivity index (χ3v) is 5.88. The first-order chi connectivity index (χ1) is 11.1. The largest absolute Gasteiger partial charge is 0.311 e. The maximum absolute atomic E-state index is 13.2. The van der Waals surface area contributed by atoms with Gasteiger partial charge in [0, 0.05) is 24.4 Å².